The van der Waals surface area contributed by atoms with Crippen LogP contribution in [-0.4, -0.2) is 30.5 Å². The minimum Gasteiger partial charge on any atom is -0.493 e. The predicted octanol–water partition coefficient (Wildman–Crippen LogP) is 5.45. The molecule has 3 rings (SSSR count). The highest BCUT2D eigenvalue weighted by molar-refractivity contribution is 7.99. The van der Waals surface area contributed by atoms with Gasteiger partial charge in [-0.05, 0) is 61.9 Å². The minimum atomic E-state index is -0.153. The molecule has 0 unspecified atom stereocenters. The van der Waals surface area contributed by atoms with Crippen molar-refractivity contribution >= 4 is 35.3 Å². The summed E-state index contributed by atoms with van der Waals surface area (Å²) in [4.78, 5) is 13.2. The van der Waals surface area contributed by atoms with Crippen LogP contribution in [0.2, 0.25) is 5.02 Å². The van der Waals surface area contributed by atoms with E-state index in [4.69, 9.17) is 25.6 Å². The molecule has 0 atom stereocenters. The van der Waals surface area contributed by atoms with Gasteiger partial charge >= 0.3 is 0 Å². The van der Waals surface area contributed by atoms with Crippen molar-refractivity contribution in [1.82, 2.24) is 10.5 Å². The molecule has 0 saturated carbocycles. The van der Waals surface area contributed by atoms with E-state index in [9.17, 15) is 4.79 Å². The van der Waals surface area contributed by atoms with Crippen LogP contribution in [0.3, 0.4) is 0 Å². The maximum atomic E-state index is 12.1. The summed E-state index contributed by atoms with van der Waals surface area (Å²) in [7, 11) is 1.58. The monoisotopic (exact) mass is 472 g/mol. The van der Waals surface area contributed by atoms with Crippen LogP contribution in [0.5, 0.6) is 11.5 Å². The Balaban J connectivity index is 1.49. The lowest BCUT2D eigenvalue weighted by molar-refractivity contribution is -0.116. The number of amides is 1. The van der Waals surface area contributed by atoms with Gasteiger partial charge in [0.2, 0.25) is 5.91 Å². The largest absolute Gasteiger partial charge is 0.493 e. The van der Waals surface area contributed by atoms with Gasteiger partial charge in [0, 0.05) is 28.3 Å². The molecule has 0 fully saturated rings. The number of benzene rings is 2. The second kappa shape index (κ2) is 11.6. The minimum absolute atomic E-state index is 0.153. The molecule has 0 aliphatic heterocycles. The number of methoxy groups -OCH3 is 1. The fraction of sp³-hybridized carbons (Fsp3) is 0.250. The van der Waals surface area contributed by atoms with Gasteiger partial charge in [0.15, 0.2) is 11.5 Å². The van der Waals surface area contributed by atoms with Crippen molar-refractivity contribution in [3.05, 3.63) is 76.1 Å². The molecule has 3 aromatic rings. The van der Waals surface area contributed by atoms with E-state index < -0.39 is 0 Å². The lowest BCUT2D eigenvalue weighted by Crippen LogP contribution is -2.23. The Hall–Kier alpha value is -2.90. The van der Waals surface area contributed by atoms with Crippen molar-refractivity contribution in [3.8, 4) is 11.5 Å². The topological polar surface area (TPSA) is 73.6 Å². The third-order valence-corrected chi connectivity index (χ3v) is 5.92. The van der Waals surface area contributed by atoms with Crippen LogP contribution in [-0.2, 0) is 11.4 Å². The van der Waals surface area contributed by atoms with E-state index in [1.165, 1.54) is 6.08 Å². The first-order chi connectivity index (χ1) is 15.5. The van der Waals surface area contributed by atoms with Crippen molar-refractivity contribution in [2.75, 3.05) is 19.4 Å². The standard InChI is InChI=1S/C24H25ClN2O4S/c1-16-21(17(2)31-27-16)15-30-22-10-4-18(14-23(22)29-3)5-11-24(28)26-12-13-32-20-8-6-19(25)7-9-20/h4-11,14H,12-13,15H2,1-3H3,(H,26,28)/b11-5+. The summed E-state index contributed by atoms with van der Waals surface area (Å²) in [5.74, 6) is 2.54. The second-order valence-corrected chi connectivity index (χ2v) is 8.53. The number of nitrogens with zero attached hydrogens (tertiary/aromatic N) is 1. The summed E-state index contributed by atoms with van der Waals surface area (Å²) >= 11 is 7.54. The average molecular weight is 473 g/mol. The second-order valence-electron chi connectivity index (χ2n) is 6.93. The van der Waals surface area contributed by atoms with Crippen molar-refractivity contribution < 1.29 is 18.8 Å². The van der Waals surface area contributed by atoms with Crippen molar-refractivity contribution in [2.24, 2.45) is 0 Å². The Morgan fingerprint density at radius 3 is 2.66 bits per heavy atom. The van der Waals surface area contributed by atoms with E-state index >= 15 is 0 Å². The molecule has 1 amide bonds. The number of ether oxygens (including phenoxy) is 2. The van der Waals surface area contributed by atoms with E-state index in [0.29, 0.717) is 29.7 Å². The van der Waals surface area contributed by atoms with Gasteiger partial charge in [-0.1, -0.05) is 22.8 Å². The number of nitrogens with one attached hydrogen (secondary N) is 1. The lowest BCUT2D eigenvalue weighted by Gasteiger charge is -2.11. The summed E-state index contributed by atoms with van der Waals surface area (Å²) in [5, 5.41) is 7.52. The van der Waals surface area contributed by atoms with Gasteiger partial charge in [-0.3, -0.25) is 4.79 Å². The van der Waals surface area contributed by atoms with E-state index in [2.05, 4.69) is 10.5 Å². The van der Waals surface area contributed by atoms with Crippen LogP contribution in [0.15, 0.2) is 58.0 Å². The number of halogens is 1. The molecule has 1 heterocycles. The molecule has 0 aliphatic carbocycles. The highest BCUT2D eigenvalue weighted by atomic mass is 35.5. The lowest BCUT2D eigenvalue weighted by atomic mass is 10.2. The molecule has 0 radical (unpaired) electrons. The third-order valence-electron chi connectivity index (χ3n) is 4.65. The van der Waals surface area contributed by atoms with Crippen molar-refractivity contribution in [3.63, 3.8) is 0 Å². The Kier molecular flexibility index (Phi) is 8.64. The van der Waals surface area contributed by atoms with Crippen LogP contribution in [0.1, 0.15) is 22.6 Å². The van der Waals surface area contributed by atoms with Gasteiger partial charge in [-0.25, -0.2) is 0 Å². The summed E-state index contributed by atoms with van der Waals surface area (Å²) in [6.45, 7) is 4.63. The average Bonchev–Trinajstić information content (AvgIpc) is 3.12. The van der Waals surface area contributed by atoms with Gasteiger partial charge in [0.25, 0.3) is 0 Å². The summed E-state index contributed by atoms with van der Waals surface area (Å²) in [5.41, 5.74) is 2.55. The molecule has 0 spiro atoms. The summed E-state index contributed by atoms with van der Waals surface area (Å²) < 4.78 is 16.5. The van der Waals surface area contributed by atoms with E-state index in [1.54, 1.807) is 24.9 Å². The molecule has 0 aliphatic rings. The smallest absolute Gasteiger partial charge is 0.244 e. The number of hydrogen-bond donors (Lipinski definition) is 1. The zero-order valence-corrected chi connectivity index (χ0v) is 19.8. The van der Waals surface area contributed by atoms with E-state index in [1.807, 2.05) is 56.3 Å². The Morgan fingerprint density at radius 2 is 1.97 bits per heavy atom. The highest BCUT2D eigenvalue weighted by Crippen LogP contribution is 2.30. The molecule has 168 valence electrons. The Labute approximate surface area is 196 Å². The SMILES string of the molecule is COc1cc(/C=C/C(=O)NCCSc2ccc(Cl)cc2)ccc1OCc1c(C)noc1C. The maximum Gasteiger partial charge on any atom is 0.244 e. The third kappa shape index (κ3) is 6.80. The van der Waals surface area contributed by atoms with Gasteiger partial charge in [-0.2, -0.15) is 0 Å². The van der Waals surface area contributed by atoms with Crippen LogP contribution in [0.25, 0.3) is 6.08 Å². The molecule has 0 bridgehead atoms. The molecular weight excluding hydrogens is 448 g/mol. The van der Waals surface area contributed by atoms with E-state index in [0.717, 1.165) is 33.2 Å². The summed E-state index contributed by atoms with van der Waals surface area (Å²) in [6, 6.07) is 13.1. The molecule has 6 nitrogen and oxygen atoms in total. The Morgan fingerprint density at radius 1 is 1.19 bits per heavy atom. The van der Waals surface area contributed by atoms with E-state index in [-0.39, 0.29) is 5.91 Å². The number of carbonyl (C=O) groups excluding carboxylic acids is 1. The first-order valence-corrected chi connectivity index (χ1v) is 11.4. The van der Waals surface area contributed by atoms with Crippen LogP contribution < -0.4 is 14.8 Å². The normalized spacial score (nSPS) is 11.0. The molecule has 8 heteroatoms. The molecule has 1 N–H and O–H groups in total. The van der Waals surface area contributed by atoms with Crippen LogP contribution >= 0.6 is 23.4 Å². The zero-order valence-electron chi connectivity index (χ0n) is 18.2. The molecule has 2 aromatic carbocycles. The van der Waals surface area contributed by atoms with Crippen molar-refractivity contribution in [1.29, 1.82) is 0 Å². The number of rotatable bonds is 10. The van der Waals surface area contributed by atoms with Gasteiger partial charge < -0.3 is 19.3 Å². The number of thioether (sulfide) groups is 1. The summed E-state index contributed by atoms with van der Waals surface area (Å²) in [6.07, 6.45) is 3.24. The predicted molar refractivity (Wildman–Crippen MR) is 128 cm³/mol. The maximum absolute atomic E-state index is 12.1. The number of carbonyl (C=O) groups is 1. The van der Waals surface area contributed by atoms with Crippen LogP contribution in [0.4, 0.5) is 0 Å². The number of aryl methyl sites for hydroxylation is 2. The Bertz CT molecular complexity index is 1060. The fourth-order valence-electron chi connectivity index (χ4n) is 2.87. The first kappa shape index (κ1) is 23.8. The molecule has 1 aromatic heterocycles. The molecule has 0 saturated heterocycles. The molecular formula is C24H25ClN2O4S. The van der Waals surface area contributed by atoms with Gasteiger partial charge in [0.05, 0.1) is 18.4 Å². The van der Waals surface area contributed by atoms with Crippen LogP contribution in [0, 0.1) is 13.8 Å². The van der Waals surface area contributed by atoms with Crippen molar-refractivity contribution in [2.45, 2.75) is 25.3 Å². The number of aromatic nitrogens is 1. The highest BCUT2D eigenvalue weighted by Gasteiger charge is 2.12. The molecule has 32 heavy (non-hydrogen) atoms. The fourth-order valence-corrected chi connectivity index (χ4v) is 3.76. The quantitative estimate of drug-likeness (QED) is 0.240. The first-order valence-electron chi connectivity index (χ1n) is 10.0. The van der Waals surface area contributed by atoms with Gasteiger partial charge in [-0.15, -0.1) is 11.8 Å². The van der Waals surface area contributed by atoms with Gasteiger partial charge in [0.1, 0.15) is 12.4 Å². The zero-order chi connectivity index (χ0) is 22.9. The number of hydrogen-bond acceptors (Lipinski definition) is 6.